The molecule has 9 rings (SSSR count). The van der Waals surface area contributed by atoms with Crippen LogP contribution in [0.2, 0.25) is 0 Å². The van der Waals surface area contributed by atoms with Gasteiger partial charge in [0.05, 0.1) is 47.0 Å². The smallest absolute Gasteiger partial charge is 0.323 e. The fraction of sp³-hybridized carbons (Fsp3) is 0.435. The van der Waals surface area contributed by atoms with E-state index in [1.54, 1.807) is 74.8 Å². The number of fused-ring (bicyclic) bond motifs is 2. The molecule has 0 saturated carbocycles. The summed E-state index contributed by atoms with van der Waals surface area (Å²) in [6.45, 7) is 3.59. The Balaban J connectivity index is 0.950. The van der Waals surface area contributed by atoms with E-state index in [0.717, 1.165) is 23.5 Å². The topological polar surface area (TPSA) is 730 Å². The van der Waals surface area contributed by atoms with Crippen LogP contribution in [-0.2, 0) is 114 Å². The van der Waals surface area contributed by atoms with Crippen LogP contribution in [0.5, 0.6) is 0 Å². The van der Waals surface area contributed by atoms with E-state index in [1.807, 2.05) is 0 Å². The molecule has 0 spiro atoms. The highest BCUT2D eigenvalue weighted by molar-refractivity contribution is 7.90. The highest BCUT2D eigenvalue weighted by atomic mass is 32.2. The van der Waals surface area contributed by atoms with Crippen LogP contribution in [0.4, 0.5) is 11.9 Å². The summed E-state index contributed by atoms with van der Waals surface area (Å²) >= 11 is 0. The number of pyridine rings is 2. The van der Waals surface area contributed by atoms with Gasteiger partial charge in [0.1, 0.15) is 52.8 Å². The molecule has 0 aliphatic carbocycles. The quantitative estimate of drug-likeness (QED) is 0.0137. The van der Waals surface area contributed by atoms with E-state index in [2.05, 4.69) is 77.2 Å². The number of carboxylic acid groups (broad SMARTS) is 5. The number of carbonyl (C=O) groups excluding carboxylic acids is 7. The molecule has 1 saturated heterocycles. The first kappa shape index (κ1) is 109. The second-order valence-electron chi connectivity index (χ2n) is 33.2. The van der Waals surface area contributed by atoms with Crippen molar-refractivity contribution in [2.75, 3.05) is 127 Å². The number of hydrogen-bond acceptors (Lipinski definition) is 30. The number of imidazole rings is 2. The summed E-state index contributed by atoms with van der Waals surface area (Å²) in [5.41, 5.74) is 1.31. The maximum atomic E-state index is 14.9. The van der Waals surface area contributed by atoms with Gasteiger partial charge in [-0.2, -0.15) is 26.3 Å². The van der Waals surface area contributed by atoms with Gasteiger partial charge in [-0.25, -0.2) is 26.8 Å². The molecule has 50 nitrogen and oxygen atoms in total. The minimum absolute atomic E-state index is 0.0150. The number of rotatable bonds is 49. The number of carbonyl (C=O) groups is 12. The van der Waals surface area contributed by atoms with Crippen LogP contribution in [0.15, 0.2) is 117 Å². The number of carboxylic acids is 5. The lowest BCUT2D eigenvalue weighted by atomic mass is 10.1. The minimum atomic E-state index is -5.31. The summed E-state index contributed by atoms with van der Waals surface area (Å²) in [5, 5.41) is 72.1. The van der Waals surface area contributed by atoms with Crippen LogP contribution in [-0.4, -0.2) is 335 Å². The molecule has 4 aromatic heterocycles. The number of nitrogens with one attached hydrogen (secondary N) is 13. The van der Waals surface area contributed by atoms with E-state index in [0.29, 0.717) is 45.3 Å². The van der Waals surface area contributed by atoms with E-state index in [4.69, 9.17) is 0 Å². The van der Waals surface area contributed by atoms with Crippen LogP contribution < -0.4 is 68.2 Å². The molecule has 1 aliphatic heterocycles. The number of anilines is 2. The molecule has 0 radical (unpaired) electrons. The monoisotopic (exact) mass is 2020 g/mol. The van der Waals surface area contributed by atoms with Crippen LogP contribution in [0.25, 0.3) is 21.8 Å². The molecule has 20 N–H and O–H groups in total. The van der Waals surface area contributed by atoms with Crippen LogP contribution in [0.3, 0.4) is 0 Å². The third kappa shape index (κ3) is 33.1. The second kappa shape index (κ2) is 49.1. The van der Waals surface area contributed by atoms with Crippen molar-refractivity contribution in [1.82, 2.24) is 95.3 Å². The largest absolute Gasteiger partial charge is 0.480 e. The van der Waals surface area contributed by atoms with Crippen molar-refractivity contribution >= 4 is 145 Å². The molecular formula is C85H111N21O29S4. The fourth-order valence-corrected chi connectivity index (χ4v) is 20.4. The van der Waals surface area contributed by atoms with Gasteiger partial charge in [0, 0.05) is 159 Å². The molecule has 139 heavy (non-hydrogen) atoms. The third-order valence-corrected chi connectivity index (χ3v) is 27.1. The number of H-pyrrole nitrogens is 2. The number of aromatic amines is 2. The highest BCUT2D eigenvalue weighted by Crippen LogP contribution is 2.26. The molecular weight excluding hydrogens is 1910 g/mol. The number of benzene rings is 4. The molecule has 5 heterocycles. The summed E-state index contributed by atoms with van der Waals surface area (Å²) in [5.74, 6) is -18.3. The number of aryl methyl sites for hydroxylation is 8. The SMILES string of the molecule is Cc1cc(C)c(S(=O)(=O)NC(CNC(=O)c2cn(CCCNC(=O)C(CS(=O)(=O)O)NC(=O)CCC(NC(=O)CN3CCN(CC(=O)O)CCN(CC(=O)O)CCN(CC(=O)O)CC3)C(=O)NC(CS(=O)(=O)O)C(=O)NCCCn3cc(C(=O)NCC(NS(=O)(=O)c4c(C)cc(C)cc4C)C(=O)O)c(=O)c4ccc(CNc5ncc[nH]5)cc43)c3cc(CNc4ncc[nH]4)ccc3c2=O)C(=O)O)c(C)c1. The Labute approximate surface area is 796 Å². The number of aromatic nitrogens is 6. The maximum absolute atomic E-state index is 14.9. The zero-order chi connectivity index (χ0) is 102. The Morgan fingerprint density at radius 1 is 0.432 bits per heavy atom. The third-order valence-electron chi connectivity index (χ3n) is 22.0. The molecule has 1 fully saturated rings. The van der Waals surface area contributed by atoms with Crippen molar-refractivity contribution in [2.45, 2.75) is 133 Å². The minimum Gasteiger partial charge on any atom is -0.480 e. The predicted molar refractivity (Wildman–Crippen MR) is 499 cm³/mol. The average molecular weight is 2020 g/mol. The Hall–Kier alpha value is -13.6. The van der Waals surface area contributed by atoms with E-state index in [-0.39, 0.29) is 123 Å². The Morgan fingerprint density at radius 2 is 0.784 bits per heavy atom. The maximum Gasteiger partial charge on any atom is 0.323 e. The first-order chi connectivity index (χ1) is 65.4. The zero-order valence-corrected chi connectivity index (χ0v) is 79.6. The van der Waals surface area contributed by atoms with Crippen molar-refractivity contribution < 1.29 is 126 Å². The lowest BCUT2D eigenvalue weighted by Gasteiger charge is -2.33. The van der Waals surface area contributed by atoms with Crippen molar-refractivity contribution in [2.24, 2.45) is 0 Å². The van der Waals surface area contributed by atoms with Crippen molar-refractivity contribution in [3.8, 4) is 0 Å². The van der Waals surface area contributed by atoms with Gasteiger partial charge < -0.3 is 92.5 Å². The van der Waals surface area contributed by atoms with Crippen LogP contribution in [0, 0.1) is 41.5 Å². The number of nitrogens with zero attached hydrogens (tertiary/aromatic N) is 8. The Kier molecular flexibility index (Phi) is 38.6. The molecule has 8 aromatic rings. The van der Waals surface area contributed by atoms with E-state index < -0.39 is 240 Å². The molecule has 4 aromatic carbocycles. The van der Waals surface area contributed by atoms with Crippen LogP contribution >= 0.6 is 0 Å². The summed E-state index contributed by atoms with van der Waals surface area (Å²) in [7, 11) is -19.6. The summed E-state index contributed by atoms with van der Waals surface area (Å²) < 4.78 is 133. The van der Waals surface area contributed by atoms with Crippen LogP contribution in [0.1, 0.15) is 90.9 Å². The number of aliphatic carboxylic acids is 5. The lowest BCUT2D eigenvalue weighted by molar-refractivity contribution is -0.140. The summed E-state index contributed by atoms with van der Waals surface area (Å²) in [6, 6.07) is 4.86. The predicted octanol–water partition coefficient (Wildman–Crippen LogP) is -2.64. The van der Waals surface area contributed by atoms with Gasteiger partial charge in [-0.05, 0) is 118 Å². The van der Waals surface area contributed by atoms with E-state index in [1.165, 1.54) is 81.0 Å². The van der Waals surface area contributed by atoms with E-state index in [9.17, 15) is 135 Å². The second-order valence-corrected chi connectivity index (χ2v) is 39.5. The van der Waals surface area contributed by atoms with Gasteiger partial charge >= 0.3 is 29.8 Å². The van der Waals surface area contributed by atoms with Crippen molar-refractivity contribution in [3.63, 3.8) is 0 Å². The standard InChI is InChI=1S/C85H111N21O29S4/c1-49-31-51(3)75(52(4)32-49)138(132,133)99-62(82(122)123)39-92-77(117)59-41-105(66-35-55(9-11-57(66)73(59)115)37-94-84-88-17-18-89-84)21-7-15-86-79(119)64(47-136(126,127)128)97-68(107)14-13-61(96-69(108)43-101-23-25-102(44-70(109)110)27-29-104(46-72(113)114)30-28-103(26-24-101)45-71(111)112)81(121)98-65(48-137(129,130)131)80(120)87-16-8-22-106-42-60(74(116)58-12-10-56(36-67(58)106)38-95-85-90-19-20-91-85)78(118)93-40-63(83(124)125)100-139(134,135)76-53(5)33-50(2)34-54(76)6/h9-12,17-20,31-36,41-42,61-65,99-100H,7-8,13-16,21-30,37-40,43-48H2,1-6H3,(H,86,119)(H,87,120)(H,92,117)(H,93,118)(H,96,108)(H,97,107)(H,98,121)(H,109,110)(H,111,112)(H,113,114)(H,122,123)(H,124,125)(H2,88,89,94)(H2,90,91,95)(H,126,127,128)(H,129,130,131). The first-order valence-electron chi connectivity index (χ1n) is 43.3. The fourth-order valence-electron chi connectivity index (χ4n) is 15.8. The Bertz CT molecular complexity index is 6440. The molecule has 5 unspecified atom stereocenters. The van der Waals surface area contributed by atoms with Gasteiger partial charge in [0.2, 0.25) is 60.4 Å². The number of hydrogen-bond donors (Lipinski definition) is 20. The van der Waals surface area contributed by atoms with Gasteiger partial charge in [-0.15, -0.1) is 0 Å². The Morgan fingerprint density at radius 3 is 1.12 bits per heavy atom. The summed E-state index contributed by atoms with van der Waals surface area (Å²) in [4.78, 5) is 210. The molecule has 754 valence electrons. The van der Waals surface area contributed by atoms with Gasteiger partial charge in [-0.1, -0.05) is 47.5 Å². The molecule has 7 amide bonds. The summed E-state index contributed by atoms with van der Waals surface area (Å²) in [6.07, 6.45) is 6.08. The first-order valence-corrected chi connectivity index (χ1v) is 49.5. The van der Waals surface area contributed by atoms with Crippen molar-refractivity contribution in [3.05, 3.63) is 174 Å². The van der Waals surface area contributed by atoms with E-state index >= 15 is 0 Å². The van der Waals surface area contributed by atoms with Gasteiger partial charge in [0.15, 0.2) is 11.9 Å². The highest BCUT2D eigenvalue weighted by Gasteiger charge is 2.36. The number of sulfonamides is 2. The van der Waals surface area contributed by atoms with Crippen molar-refractivity contribution in [1.29, 1.82) is 0 Å². The molecule has 1 aliphatic rings. The molecule has 0 bridgehead atoms. The number of amides is 7. The average Bonchev–Trinajstić information content (AvgIpc) is 1.14. The van der Waals surface area contributed by atoms with Gasteiger partial charge in [0.25, 0.3) is 32.1 Å². The lowest BCUT2D eigenvalue weighted by Crippen LogP contribution is -2.57. The van der Waals surface area contributed by atoms with Gasteiger partial charge in [-0.3, -0.25) is 95.8 Å². The normalized spacial score (nSPS) is 14.6. The molecule has 54 heteroatoms. The zero-order valence-electron chi connectivity index (χ0n) is 76.3. The molecule has 5 atom stereocenters.